The lowest BCUT2D eigenvalue weighted by Crippen LogP contribution is -2.46. The summed E-state index contributed by atoms with van der Waals surface area (Å²) < 4.78 is 17.5. The van der Waals surface area contributed by atoms with E-state index in [2.05, 4.69) is 50.4 Å². The number of carbonyl (C=O) groups excluding carboxylic acids is 5. The molecule has 18 heteroatoms. The van der Waals surface area contributed by atoms with Gasteiger partial charge in [0.2, 0.25) is 0 Å². The molecule has 4 aliphatic rings. The second-order valence-corrected chi connectivity index (χ2v) is 19.7. The van der Waals surface area contributed by atoms with E-state index in [-0.39, 0.29) is 30.0 Å². The zero-order valence-corrected chi connectivity index (χ0v) is 40.3. The number of piperidine rings is 2. The number of nitrogens with one attached hydrogen (secondary N) is 5. The van der Waals surface area contributed by atoms with Gasteiger partial charge in [0, 0.05) is 19.6 Å². The van der Waals surface area contributed by atoms with E-state index in [9.17, 15) is 24.0 Å². The van der Waals surface area contributed by atoms with Crippen LogP contribution in [0.1, 0.15) is 108 Å². The van der Waals surface area contributed by atoms with Gasteiger partial charge in [-0.25, -0.2) is 14.8 Å². The Balaban J connectivity index is 0.868. The van der Waals surface area contributed by atoms with Crippen LogP contribution in [0.2, 0.25) is 0 Å². The van der Waals surface area contributed by atoms with Gasteiger partial charge in [0.15, 0.2) is 0 Å². The summed E-state index contributed by atoms with van der Waals surface area (Å²) in [6.45, 7) is 13.9. The molecule has 0 spiro atoms. The lowest BCUT2D eigenvalue weighted by molar-refractivity contribution is -0.146. The number of nitrogens with zero attached hydrogens (tertiary/aromatic N) is 4. The Morgan fingerprint density at radius 1 is 0.768 bits per heavy atom. The maximum Gasteiger partial charge on any atom is 0.413 e. The Kier molecular flexibility index (Phi) is 14.5. The van der Waals surface area contributed by atoms with Gasteiger partial charge in [0.25, 0.3) is 0 Å². The lowest BCUT2D eigenvalue weighted by atomic mass is 9.89. The first kappa shape index (κ1) is 48.4. The van der Waals surface area contributed by atoms with Crippen molar-refractivity contribution in [2.24, 2.45) is 11.8 Å². The summed E-state index contributed by atoms with van der Waals surface area (Å²) in [5.74, 6) is -0.286. The monoisotopic (exact) mass is 944 g/mol. The van der Waals surface area contributed by atoms with Crippen molar-refractivity contribution in [1.82, 2.24) is 19.8 Å². The molecule has 4 aliphatic heterocycles. The first-order valence-corrected chi connectivity index (χ1v) is 24.0. The summed E-state index contributed by atoms with van der Waals surface area (Å²) >= 11 is 0. The van der Waals surface area contributed by atoms with Gasteiger partial charge in [0.1, 0.15) is 41.9 Å². The Morgan fingerprint density at radius 2 is 1.35 bits per heavy atom. The van der Waals surface area contributed by atoms with Crippen molar-refractivity contribution >= 4 is 64.1 Å². The molecule has 366 valence electrons. The standard InChI is InChI=1S/C51H64N10O8/c1-7-31-20-36(25-55-45(31)59-50(66)69-51(4,5)6)57-46(62)48(64)61-27-30(3)9-17-41(61)33-12-15-39-43(23-33)68-28-35(56-39)13-10-34-21-37(24-54-44(34)52)58-47(63)49(65)60-26-29(2)8-16-40(60)32-11-14-38-42(22-32)67-19-18-53-38/h11-12,14-15,20-25,29-30,35,40-41,53,56H,7-10,13,16-19,26-28H2,1-6H3,(H2,52,54)(H,57,62)(H,58,63)(H,55,59,66)/t29-,30-,35?,40+,41+/m0/s1. The van der Waals surface area contributed by atoms with E-state index >= 15 is 0 Å². The number of pyridine rings is 2. The molecular weight excluding hydrogens is 881 g/mol. The fraction of sp³-hybridized carbons (Fsp3) is 0.471. The highest BCUT2D eigenvalue weighted by molar-refractivity contribution is 6.40. The number of fused-ring (bicyclic) bond motifs is 2. The Morgan fingerprint density at radius 3 is 1.96 bits per heavy atom. The van der Waals surface area contributed by atoms with Crippen LogP contribution in [0.25, 0.3) is 0 Å². The molecule has 7 N–H and O–H groups in total. The molecule has 4 aromatic rings. The van der Waals surface area contributed by atoms with E-state index in [1.807, 2.05) is 43.3 Å². The highest BCUT2D eigenvalue weighted by atomic mass is 16.6. The van der Waals surface area contributed by atoms with Gasteiger partial charge < -0.3 is 51.0 Å². The zero-order valence-electron chi connectivity index (χ0n) is 40.3. The van der Waals surface area contributed by atoms with Crippen molar-refractivity contribution in [3.05, 3.63) is 83.2 Å². The number of carbonyl (C=O) groups is 5. The number of hydrogen-bond acceptors (Lipinski definition) is 13. The summed E-state index contributed by atoms with van der Waals surface area (Å²) in [6, 6.07) is 14.6. The minimum Gasteiger partial charge on any atom is -0.490 e. The number of rotatable bonds is 9. The number of nitrogen functional groups attached to an aromatic ring is 1. The third kappa shape index (κ3) is 11.6. The minimum absolute atomic E-state index is 0.0763. The third-order valence-electron chi connectivity index (χ3n) is 13.0. The van der Waals surface area contributed by atoms with Crippen LogP contribution in [0.5, 0.6) is 11.5 Å². The number of nitrogens with two attached hydrogens (primary N) is 1. The molecule has 5 atom stereocenters. The molecule has 2 aromatic heterocycles. The van der Waals surface area contributed by atoms with Crippen LogP contribution in [-0.2, 0) is 36.8 Å². The number of benzene rings is 2. The van der Waals surface area contributed by atoms with E-state index in [0.717, 1.165) is 59.6 Å². The topological polar surface area (TPSA) is 231 Å². The second-order valence-electron chi connectivity index (χ2n) is 19.7. The first-order valence-electron chi connectivity index (χ1n) is 24.0. The quantitative estimate of drug-likeness (QED) is 0.0897. The molecule has 5 amide bonds. The van der Waals surface area contributed by atoms with Crippen molar-refractivity contribution in [2.75, 3.05) is 65.2 Å². The molecule has 0 bridgehead atoms. The van der Waals surface area contributed by atoms with Crippen LogP contribution in [0.3, 0.4) is 0 Å². The van der Waals surface area contributed by atoms with Gasteiger partial charge in [-0.3, -0.25) is 24.5 Å². The molecule has 1 unspecified atom stereocenters. The molecule has 2 fully saturated rings. The zero-order chi connectivity index (χ0) is 49.0. The van der Waals surface area contributed by atoms with Crippen molar-refractivity contribution in [3.63, 3.8) is 0 Å². The molecule has 2 saturated heterocycles. The van der Waals surface area contributed by atoms with Crippen LogP contribution in [0.4, 0.5) is 39.2 Å². The fourth-order valence-corrected chi connectivity index (χ4v) is 9.51. The third-order valence-corrected chi connectivity index (χ3v) is 13.0. The second kappa shape index (κ2) is 20.6. The van der Waals surface area contributed by atoms with E-state index in [4.69, 9.17) is 19.9 Å². The molecule has 0 saturated carbocycles. The number of aromatic nitrogens is 2. The summed E-state index contributed by atoms with van der Waals surface area (Å²) in [4.78, 5) is 79.1. The van der Waals surface area contributed by atoms with Gasteiger partial charge in [-0.2, -0.15) is 0 Å². The Hall–Kier alpha value is -7.11. The number of likely N-dealkylation sites (tertiary alicyclic amines) is 2. The summed E-state index contributed by atoms with van der Waals surface area (Å²) in [5.41, 5.74) is 11.3. The van der Waals surface area contributed by atoms with Crippen LogP contribution in [-0.4, -0.2) is 94.0 Å². The number of amides is 5. The molecule has 8 rings (SSSR count). The van der Waals surface area contributed by atoms with Gasteiger partial charge in [-0.1, -0.05) is 32.9 Å². The molecule has 18 nitrogen and oxygen atoms in total. The van der Waals surface area contributed by atoms with Crippen LogP contribution in [0.15, 0.2) is 60.9 Å². The summed E-state index contributed by atoms with van der Waals surface area (Å²) in [6.07, 6.45) is 7.11. The molecule has 0 aliphatic carbocycles. The normalized spacial score (nSPS) is 20.9. The van der Waals surface area contributed by atoms with Gasteiger partial charge in [-0.05, 0) is 136 Å². The molecule has 6 heterocycles. The summed E-state index contributed by atoms with van der Waals surface area (Å²) in [7, 11) is 0. The fourth-order valence-electron chi connectivity index (χ4n) is 9.51. The largest absolute Gasteiger partial charge is 0.490 e. The van der Waals surface area contributed by atoms with Gasteiger partial charge in [-0.15, -0.1) is 0 Å². The van der Waals surface area contributed by atoms with E-state index in [0.29, 0.717) is 86.3 Å². The average molecular weight is 945 g/mol. The van der Waals surface area contributed by atoms with Crippen molar-refractivity contribution < 1.29 is 38.2 Å². The SMILES string of the molecule is CCc1cc(NC(=O)C(=O)N2C[C@@H](C)CC[C@@H]2c2ccc3c(c2)OCC(CCc2cc(NC(=O)C(=O)N4C[C@@H](C)CC[C@@H]4c4ccc5c(c4)OCCN5)cnc2N)N3)cnc1NC(=O)OC(C)(C)C. The number of ether oxygens (including phenoxy) is 3. The maximum absolute atomic E-state index is 13.9. The lowest BCUT2D eigenvalue weighted by Gasteiger charge is -2.39. The van der Waals surface area contributed by atoms with Crippen LogP contribution >= 0.6 is 0 Å². The van der Waals surface area contributed by atoms with E-state index in [1.54, 1.807) is 42.7 Å². The van der Waals surface area contributed by atoms with Crippen LogP contribution < -0.4 is 41.8 Å². The molecule has 2 aromatic carbocycles. The number of anilines is 6. The first-order chi connectivity index (χ1) is 33.0. The average Bonchev–Trinajstić information content (AvgIpc) is 3.33. The molecular formula is C51H64N10O8. The molecule has 69 heavy (non-hydrogen) atoms. The van der Waals surface area contributed by atoms with Crippen molar-refractivity contribution in [1.29, 1.82) is 0 Å². The van der Waals surface area contributed by atoms with Crippen LogP contribution in [0, 0.1) is 11.8 Å². The predicted octanol–water partition coefficient (Wildman–Crippen LogP) is 7.45. The number of hydrogen-bond donors (Lipinski definition) is 6. The van der Waals surface area contributed by atoms with Crippen molar-refractivity contribution in [3.8, 4) is 11.5 Å². The van der Waals surface area contributed by atoms with E-state index < -0.39 is 35.3 Å². The van der Waals surface area contributed by atoms with Gasteiger partial charge in [0.05, 0.1) is 53.3 Å². The van der Waals surface area contributed by atoms with E-state index in [1.165, 1.54) is 12.4 Å². The smallest absolute Gasteiger partial charge is 0.413 e. The number of aryl methyl sites for hydroxylation is 2. The van der Waals surface area contributed by atoms with Gasteiger partial charge >= 0.3 is 29.7 Å². The Bertz CT molecular complexity index is 2600. The highest BCUT2D eigenvalue weighted by Crippen LogP contribution is 2.40. The summed E-state index contributed by atoms with van der Waals surface area (Å²) in [5, 5.41) is 15.1. The molecule has 0 radical (unpaired) electrons. The highest BCUT2D eigenvalue weighted by Gasteiger charge is 2.37. The van der Waals surface area contributed by atoms with Crippen molar-refractivity contribution in [2.45, 2.75) is 110 Å². The Labute approximate surface area is 402 Å². The maximum atomic E-state index is 13.9. The predicted molar refractivity (Wildman–Crippen MR) is 263 cm³/mol. The minimum atomic E-state index is -0.780.